The molecule has 0 saturated carbocycles. The molecule has 0 aliphatic rings. The van der Waals surface area contributed by atoms with E-state index in [9.17, 15) is 13.2 Å². The molecule has 0 radical (unpaired) electrons. The van der Waals surface area contributed by atoms with Gasteiger partial charge in [-0.1, -0.05) is 6.20 Å². The van der Waals surface area contributed by atoms with E-state index in [1.165, 1.54) is 13.2 Å². The standard InChI is InChI=1S/C6H6F3N2.K/c1-4-3-11(2)10-5(4)6(7,8)9;/h3H,1H2,2H3;/q-1;+1. The Morgan fingerprint density at radius 2 is 2.00 bits per heavy atom. The van der Waals surface area contributed by atoms with Gasteiger partial charge < -0.3 is 4.68 Å². The van der Waals surface area contributed by atoms with Gasteiger partial charge in [0, 0.05) is 7.05 Å². The van der Waals surface area contributed by atoms with Gasteiger partial charge in [-0.05, 0) is 0 Å². The maximum absolute atomic E-state index is 11.9. The van der Waals surface area contributed by atoms with Crippen molar-refractivity contribution in [2.75, 3.05) is 0 Å². The van der Waals surface area contributed by atoms with Gasteiger partial charge in [0.2, 0.25) is 0 Å². The molecule has 0 bridgehead atoms. The van der Waals surface area contributed by atoms with E-state index >= 15 is 0 Å². The number of hydrogen-bond donors (Lipinski definition) is 0. The van der Waals surface area contributed by atoms with Crippen LogP contribution in [0.4, 0.5) is 13.2 Å². The molecule has 0 aliphatic heterocycles. The quantitative estimate of drug-likeness (QED) is 0.375. The molecule has 0 amide bonds. The molecule has 0 unspecified atom stereocenters. The molecule has 0 spiro atoms. The minimum atomic E-state index is -4.39. The van der Waals surface area contributed by atoms with Crippen LogP contribution >= 0.6 is 0 Å². The number of alkyl halides is 3. The third-order valence-electron chi connectivity index (χ3n) is 1.17. The fourth-order valence-corrected chi connectivity index (χ4v) is 0.776. The Bertz CT molecular complexity index is 266. The summed E-state index contributed by atoms with van der Waals surface area (Å²) in [6, 6.07) is 0. The largest absolute Gasteiger partial charge is 1.00 e. The Balaban J connectivity index is 0.00000121. The normalized spacial score (nSPS) is 11.0. The van der Waals surface area contributed by atoms with Crippen LogP contribution in [0.3, 0.4) is 0 Å². The molecule has 6 heteroatoms. The summed E-state index contributed by atoms with van der Waals surface area (Å²) < 4.78 is 36.9. The third-order valence-corrected chi connectivity index (χ3v) is 1.17. The van der Waals surface area contributed by atoms with Crippen LogP contribution in [0.2, 0.25) is 0 Å². The van der Waals surface area contributed by atoms with Crippen molar-refractivity contribution in [3.8, 4) is 0 Å². The fraction of sp³-hybridized carbons (Fsp3) is 0.333. The molecule has 62 valence electrons. The zero-order chi connectivity index (χ0) is 8.65. The Kier molecular flexibility index (Phi) is 4.32. The topological polar surface area (TPSA) is 17.8 Å². The van der Waals surface area contributed by atoms with Crippen molar-refractivity contribution in [2.24, 2.45) is 7.05 Å². The van der Waals surface area contributed by atoms with Gasteiger partial charge in [-0.2, -0.15) is 20.1 Å². The van der Waals surface area contributed by atoms with Gasteiger partial charge in [0.1, 0.15) is 0 Å². The van der Waals surface area contributed by atoms with Gasteiger partial charge >= 0.3 is 57.6 Å². The molecule has 0 N–H and O–H groups in total. The van der Waals surface area contributed by atoms with Crippen LogP contribution in [0, 0.1) is 6.92 Å². The molecule has 0 aromatic carbocycles. The van der Waals surface area contributed by atoms with E-state index in [1.807, 2.05) is 0 Å². The molecule has 0 atom stereocenters. The SMILES string of the molecule is [CH2-]c1cn(C)nc1C(F)(F)F.[K+]. The van der Waals surface area contributed by atoms with Crippen LogP contribution in [-0.4, -0.2) is 9.78 Å². The second-order valence-electron chi connectivity index (χ2n) is 2.17. The zero-order valence-electron chi connectivity index (χ0n) is 6.81. The van der Waals surface area contributed by atoms with E-state index in [-0.39, 0.29) is 56.9 Å². The Labute approximate surface area is 111 Å². The van der Waals surface area contributed by atoms with Crippen LogP contribution in [0.5, 0.6) is 0 Å². The van der Waals surface area contributed by atoms with Gasteiger partial charge in [0.25, 0.3) is 0 Å². The first-order chi connectivity index (χ1) is 4.91. The summed E-state index contributed by atoms with van der Waals surface area (Å²) in [5.74, 6) is 0. The average molecular weight is 202 g/mol. The Morgan fingerprint density at radius 3 is 2.17 bits per heavy atom. The Morgan fingerprint density at radius 1 is 1.50 bits per heavy atom. The van der Waals surface area contributed by atoms with E-state index in [1.54, 1.807) is 0 Å². The van der Waals surface area contributed by atoms with E-state index in [2.05, 4.69) is 12.0 Å². The molecule has 0 saturated heterocycles. The maximum atomic E-state index is 11.9. The third kappa shape index (κ3) is 2.77. The second kappa shape index (κ2) is 4.14. The van der Waals surface area contributed by atoms with Crippen LogP contribution < -0.4 is 51.4 Å². The Hall–Kier alpha value is 0.506. The first-order valence-corrected chi connectivity index (χ1v) is 2.84. The molecule has 1 rings (SSSR count). The van der Waals surface area contributed by atoms with Gasteiger partial charge in [-0.3, -0.25) is 0 Å². The van der Waals surface area contributed by atoms with Gasteiger partial charge in [-0.25, -0.2) is 5.10 Å². The van der Waals surface area contributed by atoms with Crippen molar-refractivity contribution in [1.82, 2.24) is 9.78 Å². The van der Waals surface area contributed by atoms with E-state index in [0.29, 0.717) is 0 Å². The molecule has 1 heterocycles. The van der Waals surface area contributed by atoms with Crippen molar-refractivity contribution < 1.29 is 64.6 Å². The maximum Gasteiger partial charge on any atom is 1.00 e. The van der Waals surface area contributed by atoms with E-state index in [0.717, 1.165) is 4.68 Å². The molecule has 2 nitrogen and oxygen atoms in total. The summed E-state index contributed by atoms with van der Waals surface area (Å²) in [4.78, 5) is 0. The minimum absolute atomic E-state index is 0. The van der Waals surface area contributed by atoms with Crippen molar-refractivity contribution in [2.45, 2.75) is 6.18 Å². The number of aryl methyl sites for hydroxylation is 1. The van der Waals surface area contributed by atoms with Gasteiger partial charge in [0.15, 0.2) is 0 Å². The van der Waals surface area contributed by atoms with Crippen molar-refractivity contribution in [3.05, 3.63) is 24.4 Å². The second-order valence-corrected chi connectivity index (χ2v) is 2.17. The minimum Gasteiger partial charge on any atom is -0.340 e. The predicted octanol–water partition coefficient (Wildman–Crippen LogP) is -1.37. The predicted molar refractivity (Wildman–Crippen MR) is 32.7 cm³/mol. The number of nitrogens with zero attached hydrogens (tertiary/aromatic N) is 2. The van der Waals surface area contributed by atoms with Crippen molar-refractivity contribution >= 4 is 0 Å². The summed E-state index contributed by atoms with van der Waals surface area (Å²) in [5, 5.41) is 3.21. The van der Waals surface area contributed by atoms with E-state index < -0.39 is 11.9 Å². The summed E-state index contributed by atoms with van der Waals surface area (Å²) in [7, 11) is 1.42. The van der Waals surface area contributed by atoms with Crippen LogP contribution in [0.15, 0.2) is 6.20 Å². The first-order valence-electron chi connectivity index (χ1n) is 2.84. The molecule has 0 fully saturated rings. The first kappa shape index (κ1) is 12.5. The summed E-state index contributed by atoms with van der Waals surface area (Å²) in [6.45, 7) is 3.20. The summed E-state index contributed by atoms with van der Waals surface area (Å²) in [6.07, 6.45) is -3.17. The number of hydrogen-bond acceptors (Lipinski definition) is 1. The average Bonchev–Trinajstić information content (AvgIpc) is 2.08. The molecule has 0 aliphatic carbocycles. The molecule has 12 heavy (non-hydrogen) atoms. The van der Waals surface area contributed by atoms with Crippen LogP contribution in [-0.2, 0) is 13.2 Å². The number of rotatable bonds is 0. The van der Waals surface area contributed by atoms with Gasteiger partial charge in [0.05, 0.1) is 5.69 Å². The van der Waals surface area contributed by atoms with E-state index in [4.69, 9.17) is 0 Å². The smallest absolute Gasteiger partial charge is 0.340 e. The molecular weight excluding hydrogens is 196 g/mol. The monoisotopic (exact) mass is 202 g/mol. The van der Waals surface area contributed by atoms with Gasteiger partial charge in [-0.15, -0.1) is 5.56 Å². The molecule has 1 aromatic rings. The summed E-state index contributed by atoms with van der Waals surface area (Å²) >= 11 is 0. The zero-order valence-corrected chi connectivity index (χ0v) is 9.94. The van der Waals surface area contributed by atoms with Crippen LogP contribution in [0.1, 0.15) is 11.3 Å². The summed E-state index contributed by atoms with van der Waals surface area (Å²) in [5.41, 5.74) is -1.01. The number of halogens is 3. The fourth-order valence-electron chi connectivity index (χ4n) is 0.776. The van der Waals surface area contributed by atoms with Crippen molar-refractivity contribution in [1.29, 1.82) is 0 Å². The molecule has 1 aromatic heterocycles. The van der Waals surface area contributed by atoms with Crippen molar-refractivity contribution in [3.63, 3.8) is 0 Å². The molecular formula is C6H6F3KN2. The number of aromatic nitrogens is 2. The van der Waals surface area contributed by atoms with Crippen LogP contribution in [0.25, 0.3) is 0 Å².